The monoisotopic (exact) mass is 609 g/mol. The fourth-order valence-electron chi connectivity index (χ4n) is 7.66. The summed E-state index contributed by atoms with van der Waals surface area (Å²) in [5.74, 6) is 0.827. The van der Waals surface area contributed by atoms with Crippen LogP contribution in [-0.2, 0) is 35.2 Å². The number of benzene rings is 1. The third-order valence-corrected chi connectivity index (χ3v) is 10.0. The fraction of sp³-hybridized carbons (Fsp3) is 0.676. The van der Waals surface area contributed by atoms with Crippen LogP contribution in [0.5, 0.6) is 6.01 Å². The number of likely N-dealkylation sites (tertiary alicyclic amines) is 1. The second kappa shape index (κ2) is 12.4. The van der Waals surface area contributed by atoms with Crippen LogP contribution in [0.15, 0.2) is 18.2 Å². The highest BCUT2D eigenvalue weighted by Crippen LogP contribution is 2.47. The minimum atomic E-state index is -0.571. The highest BCUT2D eigenvalue weighted by Gasteiger charge is 2.42. The topological polar surface area (TPSA) is 80.3 Å². The summed E-state index contributed by atoms with van der Waals surface area (Å²) in [4.78, 5) is 29.6. The van der Waals surface area contributed by atoms with Crippen LogP contribution in [0.3, 0.4) is 0 Å². The number of halogens is 1. The van der Waals surface area contributed by atoms with Crippen molar-refractivity contribution in [2.24, 2.45) is 5.41 Å². The molecule has 0 bridgehead atoms. The zero-order valence-corrected chi connectivity index (χ0v) is 27.0. The smallest absolute Gasteiger partial charge is 0.410 e. The molecule has 1 spiro atoms. The number of methoxy groups -OCH3 is 1. The maximum Gasteiger partial charge on any atom is 0.410 e. The fourth-order valence-corrected chi connectivity index (χ4v) is 7.66. The number of likely N-dealkylation sites (N-methyl/N-ethyl adjacent to an activating group) is 1. The van der Waals surface area contributed by atoms with Crippen molar-refractivity contribution in [1.82, 2.24) is 19.8 Å². The lowest BCUT2D eigenvalue weighted by atomic mass is 9.63. The van der Waals surface area contributed by atoms with Crippen LogP contribution in [0.4, 0.5) is 15.0 Å². The van der Waals surface area contributed by atoms with Crippen molar-refractivity contribution in [1.29, 1.82) is 0 Å². The van der Waals surface area contributed by atoms with Gasteiger partial charge in [-0.1, -0.05) is 12.1 Å². The highest BCUT2D eigenvalue weighted by molar-refractivity contribution is 5.69. The Morgan fingerprint density at radius 3 is 2.57 bits per heavy atom. The first-order chi connectivity index (χ1) is 21.0. The van der Waals surface area contributed by atoms with E-state index >= 15 is 0 Å². The van der Waals surface area contributed by atoms with Gasteiger partial charge in [0.05, 0.1) is 18.3 Å². The van der Waals surface area contributed by atoms with Crippen LogP contribution in [-0.4, -0.2) is 97.1 Å². The van der Waals surface area contributed by atoms with Gasteiger partial charge in [0.25, 0.3) is 0 Å². The molecule has 3 heterocycles. The standard InChI is InChI=1S/C34H48FN5O4/c1-33(2,3)44-32(41)40-17-16-39(20-25(40)21-42-5)30-27-12-14-34(13-11-26-23(18-34)8-6-10-28(26)35)19-29(27)36-31(37-30)43-22-24-9-7-15-38(24)4/h6,8,10,24-25H,7,9,11-22H2,1-5H3/t24-,25+,34+/m0/s1. The van der Waals surface area contributed by atoms with Crippen LogP contribution in [0.25, 0.3) is 0 Å². The number of hydrogen-bond donors (Lipinski definition) is 0. The van der Waals surface area contributed by atoms with Crippen LogP contribution in [0, 0.1) is 11.2 Å². The molecule has 2 aromatic rings. The van der Waals surface area contributed by atoms with Crippen molar-refractivity contribution in [3.63, 3.8) is 0 Å². The van der Waals surface area contributed by atoms with E-state index in [2.05, 4.69) is 22.9 Å². The van der Waals surface area contributed by atoms with Crippen molar-refractivity contribution in [3.8, 4) is 6.01 Å². The Bertz CT molecular complexity index is 1370. The van der Waals surface area contributed by atoms with Crippen molar-refractivity contribution in [2.75, 3.05) is 58.5 Å². The Balaban J connectivity index is 1.28. The zero-order chi connectivity index (χ0) is 31.1. The average Bonchev–Trinajstić information content (AvgIpc) is 3.39. The molecule has 0 radical (unpaired) electrons. The van der Waals surface area contributed by atoms with Crippen molar-refractivity contribution in [2.45, 2.75) is 89.8 Å². The van der Waals surface area contributed by atoms with E-state index in [1.807, 2.05) is 26.8 Å². The maximum absolute atomic E-state index is 14.6. The zero-order valence-electron chi connectivity index (χ0n) is 27.0. The summed E-state index contributed by atoms with van der Waals surface area (Å²) in [5, 5.41) is 0. The molecule has 10 heteroatoms. The van der Waals surface area contributed by atoms with E-state index in [0.717, 1.165) is 74.1 Å². The van der Waals surface area contributed by atoms with Gasteiger partial charge in [0.2, 0.25) is 0 Å². The van der Waals surface area contributed by atoms with E-state index in [-0.39, 0.29) is 23.4 Å². The number of anilines is 1. The summed E-state index contributed by atoms with van der Waals surface area (Å²) < 4.78 is 32.2. The Morgan fingerprint density at radius 1 is 1.05 bits per heavy atom. The van der Waals surface area contributed by atoms with Crippen molar-refractivity contribution >= 4 is 11.9 Å². The maximum atomic E-state index is 14.6. The molecule has 3 atom stereocenters. The van der Waals surface area contributed by atoms with Gasteiger partial charge >= 0.3 is 12.1 Å². The molecule has 2 aliphatic carbocycles. The first kappa shape index (κ1) is 31.0. The number of rotatable bonds is 6. The Labute approximate surface area is 261 Å². The summed E-state index contributed by atoms with van der Waals surface area (Å²) in [6.45, 7) is 9.43. The second-order valence-electron chi connectivity index (χ2n) is 14.3. The summed E-state index contributed by atoms with van der Waals surface area (Å²) in [6, 6.07) is 6.12. The number of nitrogens with zero attached hydrogens (tertiary/aromatic N) is 5. The normalized spacial score (nSPS) is 25.6. The first-order valence-corrected chi connectivity index (χ1v) is 16.3. The van der Waals surface area contributed by atoms with Gasteiger partial charge in [-0.05, 0) is 108 Å². The van der Waals surface area contributed by atoms with Crippen LogP contribution < -0.4 is 9.64 Å². The molecule has 240 valence electrons. The number of piperazine rings is 1. The van der Waals surface area contributed by atoms with Crippen LogP contribution >= 0.6 is 0 Å². The molecule has 0 saturated carbocycles. The minimum Gasteiger partial charge on any atom is -0.462 e. The Hall–Kier alpha value is -2.98. The Morgan fingerprint density at radius 2 is 1.84 bits per heavy atom. The Kier molecular flexibility index (Phi) is 8.76. The molecule has 2 aliphatic heterocycles. The van der Waals surface area contributed by atoms with Crippen molar-refractivity contribution in [3.05, 3.63) is 46.4 Å². The lowest BCUT2D eigenvalue weighted by Gasteiger charge is -2.44. The number of hydrogen-bond acceptors (Lipinski definition) is 8. The van der Waals surface area contributed by atoms with E-state index in [0.29, 0.717) is 44.9 Å². The second-order valence-corrected chi connectivity index (χ2v) is 14.3. The van der Waals surface area contributed by atoms with E-state index in [4.69, 9.17) is 24.2 Å². The number of aromatic nitrogens is 2. The number of carbonyl (C=O) groups excluding carboxylic acids is 1. The molecule has 9 nitrogen and oxygen atoms in total. The number of carbonyl (C=O) groups is 1. The molecule has 0 unspecified atom stereocenters. The average molecular weight is 610 g/mol. The molecular weight excluding hydrogens is 561 g/mol. The molecular formula is C34H48FN5O4. The molecule has 1 aromatic carbocycles. The number of fused-ring (bicyclic) bond motifs is 2. The van der Waals surface area contributed by atoms with E-state index in [1.54, 1.807) is 18.1 Å². The molecule has 1 aromatic heterocycles. The van der Waals surface area contributed by atoms with Crippen LogP contribution in [0.1, 0.15) is 68.8 Å². The summed E-state index contributed by atoms with van der Waals surface area (Å²) in [6.07, 6.45) is 7.25. The summed E-state index contributed by atoms with van der Waals surface area (Å²) in [7, 11) is 3.81. The third-order valence-electron chi connectivity index (χ3n) is 10.0. The predicted molar refractivity (Wildman–Crippen MR) is 167 cm³/mol. The molecule has 44 heavy (non-hydrogen) atoms. The van der Waals surface area contributed by atoms with Gasteiger partial charge in [-0.25, -0.2) is 9.18 Å². The number of ether oxygens (including phenoxy) is 3. The van der Waals surface area contributed by atoms with Gasteiger partial charge in [-0.2, -0.15) is 9.97 Å². The molecule has 1 amide bonds. The summed E-state index contributed by atoms with van der Waals surface area (Å²) in [5.41, 5.74) is 3.72. The number of amides is 1. The third kappa shape index (κ3) is 6.52. The SMILES string of the molecule is COC[C@H]1CN(c2nc(OC[C@@H]3CCCN3C)nc3c2CC[C@@]2(CCc4c(F)cccc4C2)C3)CCN1C(=O)OC(C)(C)C. The minimum absolute atomic E-state index is 0.0519. The van der Waals surface area contributed by atoms with E-state index in [9.17, 15) is 9.18 Å². The molecule has 4 aliphatic rings. The van der Waals surface area contributed by atoms with E-state index < -0.39 is 5.60 Å². The van der Waals surface area contributed by atoms with Crippen molar-refractivity contribution < 1.29 is 23.4 Å². The van der Waals surface area contributed by atoms with Gasteiger partial charge in [0.1, 0.15) is 23.8 Å². The molecule has 0 N–H and O–H groups in total. The predicted octanol–water partition coefficient (Wildman–Crippen LogP) is 4.82. The van der Waals surface area contributed by atoms with Gasteiger partial charge in [0.15, 0.2) is 0 Å². The van der Waals surface area contributed by atoms with Gasteiger partial charge < -0.3 is 24.0 Å². The lowest BCUT2D eigenvalue weighted by Crippen LogP contribution is -2.58. The van der Waals surface area contributed by atoms with Gasteiger partial charge in [0, 0.05) is 38.3 Å². The van der Waals surface area contributed by atoms with Gasteiger partial charge in [-0.15, -0.1) is 0 Å². The molecule has 6 rings (SSSR count). The first-order valence-electron chi connectivity index (χ1n) is 16.3. The largest absolute Gasteiger partial charge is 0.462 e. The highest BCUT2D eigenvalue weighted by atomic mass is 19.1. The lowest BCUT2D eigenvalue weighted by molar-refractivity contribution is 0.00333. The van der Waals surface area contributed by atoms with E-state index in [1.165, 1.54) is 12.0 Å². The summed E-state index contributed by atoms with van der Waals surface area (Å²) >= 11 is 0. The molecule has 2 saturated heterocycles. The van der Waals surface area contributed by atoms with Crippen LogP contribution in [0.2, 0.25) is 0 Å². The van der Waals surface area contributed by atoms with Gasteiger partial charge in [-0.3, -0.25) is 4.90 Å². The quantitative estimate of drug-likeness (QED) is 0.461. The molecule has 2 fully saturated rings.